The van der Waals surface area contributed by atoms with E-state index < -0.39 is 10.8 Å². The van der Waals surface area contributed by atoms with Crippen LogP contribution in [0.5, 0.6) is 11.5 Å². The Bertz CT molecular complexity index is 733. The average molecular weight is 399 g/mol. The number of rotatable bonds is 4. The van der Waals surface area contributed by atoms with Gasteiger partial charge < -0.3 is 16.2 Å². The normalized spacial score (nSPS) is 10.1. The van der Waals surface area contributed by atoms with Crippen molar-refractivity contribution in [2.45, 2.75) is 0 Å². The molecule has 1 amide bonds. The monoisotopic (exact) mass is 399 g/mol. The maximum absolute atomic E-state index is 11.1. The number of ether oxygens (including phenoxy) is 1. The van der Waals surface area contributed by atoms with Crippen LogP contribution < -0.4 is 16.2 Å². The topological polar surface area (TPSA) is 121 Å². The minimum atomic E-state index is -0.751. The van der Waals surface area contributed by atoms with Gasteiger partial charge in [-0.3, -0.25) is 14.9 Å². The van der Waals surface area contributed by atoms with E-state index in [1.165, 1.54) is 12.1 Å². The first kappa shape index (κ1) is 15.0. The molecule has 0 aliphatic carbocycles. The Balaban J connectivity index is 2.44. The predicted molar refractivity (Wildman–Crippen MR) is 85.3 cm³/mol. The van der Waals surface area contributed by atoms with Crippen molar-refractivity contribution in [1.29, 1.82) is 0 Å². The number of halogens is 1. The zero-order valence-electron chi connectivity index (χ0n) is 10.6. The van der Waals surface area contributed by atoms with Gasteiger partial charge >= 0.3 is 5.69 Å². The molecule has 0 saturated heterocycles. The molecule has 0 fully saturated rings. The van der Waals surface area contributed by atoms with Gasteiger partial charge in [0.15, 0.2) is 5.75 Å². The number of hydrogen-bond donors (Lipinski definition) is 2. The number of anilines is 1. The van der Waals surface area contributed by atoms with Crippen LogP contribution in [0, 0.1) is 13.7 Å². The molecule has 7 nitrogen and oxygen atoms in total. The Morgan fingerprint density at radius 1 is 1.19 bits per heavy atom. The quantitative estimate of drug-likeness (QED) is 0.354. The minimum absolute atomic E-state index is 0.0158. The molecule has 8 heteroatoms. The van der Waals surface area contributed by atoms with Crippen molar-refractivity contribution in [3.8, 4) is 11.5 Å². The molecule has 0 unspecified atom stereocenters. The zero-order valence-corrected chi connectivity index (χ0v) is 12.7. The number of nitrogen functional groups attached to an aromatic ring is 1. The second kappa shape index (κ2) is 5.95. The van der Waals surface area contributed by atoms with Gasteiger partial charge in [-0.1, -0.05) is 0 Å². The highest BCUT2D eigenvalue weighted by Gasteiger charge is 2.19. The van der Waals surface area contributed by atoms with E-state index in [-0.39, 0.29) is 17.0 Å². The van der Waals surface area contributed by atoms with Crippen molar-refractivity contribution >= 4 is 39.9 Å². The van der Waals surface area contributed by atoms with Crippen LogP contribution in [0.1, 0.15) is 10.4 Å². The summed E-state index contributed by atoms with van der Waals surface area (Å²) >= 11 is 2.09. The average Bonchev–Trinajstić information content (AvgIpc) is 2.41. The van der Waals surface area contributed by atoms with Crippen LogP contribution >= 0.6 is 22.6 Å². The van der Waals surface area contributed by atoms with Gasteiger partial charge in [0, 0.05) is 15.2 Å². The van der Waals surface area contributed by atoms with Crippen molar-refractivity contribution in [3.05, 3.63) is 55.6 Å². The third-order valence-electron chi connectivity index (χ3n) is 2.63. The first-order valence-electron chi connectivity index (χ1n) is 5.69. The van der Waals surface area contributed by atoms with Crippen LogP contribution in [-0.4, -0.2) is 10.8 Å². The summed E-state index contributed by atoms with van der Waals surface area (Å²) in [4.78, 5) is 21.5. The van der Waals surface area contributed by atoms with Gasteiger partial charge in [0.1, 0.15) is 0 Å². The molecule has 0 aromatic heterocycles. The fourth-order valence-corrected chi connectivity index (χ4v) is 2.15. The lowest BCUT2D eigenvalue weighted by molar-refractivity contribution is -0.385. The van der Waals surface area contributed by atoms with Gasteiger partial charge in [-0.05, 0) is 52.9 Å². The second-order valence-electron chi connectivity index (χ2n) is 4.09. The summed E-state index contributed by atoms with van der Waals surface area (Å²) in [6.07, 6.45) is 0. The first-order valence-corrected chi connectivity index (χ1v) is 6.77. The summed E-state index contributed by atoms with van der Waals surface area (Å²) in [5.41, 5.74) is 10.9. The van der Waals surface area contributed by atoms with E-state index in [0.717, 1.165) is 9.64 Å². The lowest BCUT2D eigenvalue weighted by Crippen LogP contribution is -2.11. The number of benzene rings is 2. The number of carbonyl (C=O) groups excluding carboxylic acids is 1. The van der Waals surface area contributed by atoms with Gasteiger partial charge in [0.2, 0.25) is 11.7 Å². The minimum Gasteiger partial charge on any atom is -0.448 e. The van der Waals surface area contributed by atoms with Crippen LogP contribution in [0.15, 0.2) is 36.4 Å². The Labute approximate surface area is 133 Å². The molecule has 108 valence electrons. The van der Waals surface area contributed by atoms with Crippen LogP contribution in [-0.2, 0) is 0 Å². The molecule has 0 heterocycles. The van der Waals surface area contributed by atoms with E-state index in [1.54, 1.807) is 18.2 Å². The molecule has 0 bridgehead atoms. The van der Waals surface area contributed by atoms with Gasteiger partial charge in [-0.15, -0.1) is 0 Å². The maximum Gasteiger partial charge on any atom is 0.312 e. The van der Waals surface area contributed by atoms with Crippen molar-refractivity contribution in [1.82, 2.24) is 0 Å². The number of nitrogens with two attached hydrogens (primary N) is 2. The highest BCUT2D eigenvalue weighted by Crippen LogP contribution is 2.35. The molecule has 4 N–H and O–H groups in total. The molecule has 2 rings (SSSR count). The summed E-state index contributed by atoms with van der Waals surface area (Å²) in [5.74, 6) is -0.471. The largest absolute Gasteiger partial charge is 0.448 e. The maximum atomic E-state index is 11.1. The zero-order chi connectivity index (χ0) is 15.6. The molecular formula is C13H10IN3O4. The summed E-state index contributed by atoms with van der Waals surface area (Å²) in [6.45, 7) is 0. The number of nitro benzene ring substituents is 1. The molecule has 0 radical (unpaired) electrons. The van der Waals surface area contributed by atoms with E-state index in [0.29, 0.717) is 11.4 Å². The fourth-order valence-electron chi connectivity index (χ4n) is 1.63. The molecule has 0 atom stereocenters. The van der Waals surface area contributed by atoms with E-state index in [9.17, 15) is 14.9 Å². The highest BCUT2D eigenvalue weighted by atomic mass is 127. The molecule has 2 aromatic rings. The number of nitrogens with zero attached hydrogens (tertiary/aromatic N) is 1. The van der Waals surface area contributed by atoms with Crippen molar-refractivity contribution in [2.75, 3.05) is 5.73 Å². The molecule has 0 spiro atoms. The van der Waals surface area contributed by atoms with E-state index in [2.05, 4.69) is 22.6 Å². The van der Waals surface area contributed by atoms with Gasteiger partial charge in [-0.25, -0.2) is 0 Å². The van der Waals surface area contributed by atoms with Gasteiger partial charge in [0.25, 0.3) is 0 Å². The fraction of sp³-hybridized carbons (Fsp3) is 0. The number of hydrogen-bond acceptors (Lipinski definition) is 5. The number of carbonyl (C=O) groups is 1. The van der Waals surface area contributed by atoms with E-state index in [4.69, 9.17) is 16.2 Å². The molecule has 2 aromatic carbocycles. The number of nitro groups is 1. The standard InChI is InChI=1S/C13H10IN3O4/c14-8-2-4-11(9(15)6-8)21-12-3-1-7(13(16)18)5-10(12)17(19)20/h1-6H,15H2,(H2,16,18). The predicted octanol–water partition coefficient (Wildman–Crippen LogP) is 2.67. The molecule has 21 heavy (non-hydrogen) atoms. The van der Waals surface area contributed by atoms with Crippen LogP contribution in [0.2, 0.25) is 0 Å². The van der Waals surface area contributed by atoms with Gasteiger partial charge in [0.05, 0.1) is 10.6 Å². The second-order valence-corrected chi connectivity index (χ2v) is 5.33. The third-order valence-corrected chi connectivity index (χ3v) is 3.30. The Morgan fingerprint density at radius 2 is 1.86 bits per heavy atom. The van der Waals surface area contributed by atoms with Crippen molar-refractivity contribution in [3.63, 3.8) is 0 Å². The molecule has 0 aliphatic heterocycles. The molecule has 0 saturated carbocycles. The first-order chi connectivity index (χ1) is 9.88. The van der Waals surface area contributed by atoms with Crippen LogP contribution in [0.3, 0.4) is 0 Å². The number of primary amides is 1. The summed E-state index contributed by atoms with van der Waals surface area (Å²) in [6, 6.07) is 8.79. The third kappa shape index (κ3) is 3.40. The van der Waals surface area contributed by atoms with Crippen molar-refractivity contribution < 1.29 is 14.5 Å². The smallest absolute Gasteiger partial charge is 0.312 e. The highest BCUT2D eigenvalue weighted by molar-refractivity contribution is 14.1. The summed E-state index contributed by atoms with van der Waals surface area (Å²) in [7, 11) is 0. The lowest BCUT2D eigenvalue weighted by Gasteiger charge is -2.09. The Kier molecular flexibility index (Phi) is 4.26. The van der Waals surface area contributed by atoms with Gasteiger partial charge in [-0.2, -0.15) is 0 Å². The molecule has 0 aliphatic rings. The summed E-state index contributed by atoms with van der Waals surface area (Å²) in [5, 5.41) is 11.1. The lowest BCUT2D eigenvalue weighted by atomic mass is 10.2. The molecular weight excluding hydrogens is 389 g/mol. The Hall–Kier alpha value is -2.36. The van der Waals surface area contributed by atoms with Crippen LogP contribution in [0.25, 0.3) is 0 Å². The number of amides is 1. The van der Waals surface area contributed by atoms with E-state index in [1.807, 2.05) is 0 Å². The summed E-state index contributed by atoms with van der Waals surface area (Å²) < 4.78 is 6.38. The van der Waals surface area contributed by atoms with Crippen molar-refractivity contribution in [2.24, 2.45) is 5.73 Å². The Morgan fingerprint density at radius 3 is 2.43 bits per heavy atom. The SMILES string of the molecule is NC(=O)c1ccc(Oc2ccc(I)cc2N)c([N+](=O)[O-])c1. The van der Waals surface area contributed by atoms with E-state index >= 15 is 0 Å². The van der Waals surface area contributed by atoms with Crippen LogP contribution in [0.4, 0.5) is 11.4 Å².